The summed E-state index contributed by atoms with van der Waals surface area (Å²) in [5.41, 5.74) is 0.558. The van der Waals surface area contributed by atoms with Crippen LogP contribution in [0.25, 0.3) is 0 Å². The number of carbonyl (C=O) groups is 3. The SMILES string of the molecule is CC(C)(C)OC(=O)NCCCCN1C(=O)CN(Cc2ccccc2)CC1=O. The van der Waals surface area contributed by atoms with Crippen molar-refractivity contribution >= 4 is 17.9 Å². The van der Waals surface area contributed by atoms with Crippen LogP contribution in [0, 0.1) is 0 Å². The maximum atomic E-state index is 12.3. The molecule has 0 bridgehead atoms. The lowest BCUT2D eigenvalue weighted by atomic mass is 10.2. The van der Waals surface area contributed by atoms with E-state index < -0.39 is 11.7 Å². The third-order valence-corrected chi connectivity index (χ3v) is 4.05. The Labute approximate surface area is 160 Å². The topological polar surface area (TPSA) is 79.0 Å². The molecule has 0 aromatic heterocycles. The van der Waals surface area contributed by atoms with Gasteiger partial charge in [0.15, 0.2) is 0 Å². The van der Waals surface area contributed by atoms with Gasteiger partial charge in [-0.3, -0.25) is 19.4 Å². The molecule has 0 spiro atoms. The van der Waals surface area contributed by atoms with Gasteiger partial charge in [0.25, 0.3) is 0 Å². The standard InChI is InChI=1S/C20H29N3O4/c1-20(2,3)27-19(26)21-11-7-8-12-23-17(24)14-22(15-18(23)25)13-16-9-5-4-6-10-16/h4-6,9-10H,7-8,11-15H2,1-3H3,(H,21,26). The summed E-state index contributed by atoms with van der Waals surface area (Å²) in [6.45, 7) is 7.33. The molecule has 0 unspecified atom stereocenters. The van der Waals surface area contributed by atoms with E-state index in [2.05, 4.69) is 5.32 Å². The molecule has 1 aromatic rings. The van der Waals surface area contributed by atoms with Crippen LogP contribution in [0.1, 0.15) is 39.2 Å². The molecule has 0 radical (unpaired) electrons. The average molecular weight is 375 g/mol. The number of amides is 3. The zero-order valence-corrected chi connectivity index (χ0v) is 16.4. The van der Waals surface area contributed by atoms with Crippen LogP contribution in [0.15, 0.2) is 30.3 Å². The molecular weight excluding hydrogens is 346 g/mol. The number of nitrogens with one attached hydrogen (secondary N) is 1. The van der Waals surface area contributed by atoms with Crippen LogP contribution in [-0.4, -0.2) is 59.5 Å². The van der Waals surface area contributed by atoms with Crippen molar-refractivity contribution in [1.82, 2.24) is 15.1 Å². The van der Waals surface area contributed by atoms with Crippen molar-refractivity contribution in [3.8, 4) is 0 Å². The van der Waals surface area contributed by atoms with E-state index in [1.165, 1.54) is 4.90 Å². The second-order valence-electron chi connectivity index (χ2n) is 7.71. The summed E-state index contributed by atoms with van der Waals surface area (Å²) in [5.74, 6) is -0.329. The average Bonchev–Trinajstić information content (AvgIpc) is 2.56. The molecule has 7 heteroatoms. The molecule has 148 valence electrons. The second kappa shape index (κ2) is 9.50. The molecular formula is C20H29N3O4. The molecule has 0 aliphatic carbocycles. The molecule has 1 heterocycles. The molecule has 2 rings (SSSR count). The summed E-state index contributed by atoms with van der Waals surface area (Å²) >= 11 is 0. The Morgan fingerprint density at radius 3 is 2.30 bits per heavy atom. The van der Waals surface area contributed by atoms with Gasteiger partial charge in [0.05, 0.1) is 13.1 Å². The van der Waals surface area contributed by atoms with E-state index in [0.29, 0.717) is 32.5 Å². The Kier molecular flexibility index (Phi) is 7.36. The molecule has 3 amide bonds. The molecule has 1 N–H and O–H groups in total. The quantitative estimate of drug-likeness (QED) is 0.584. The number of piperazine rings is 1. The number of benzene rings is 1. The fraction of sp³-hybridized carbons (Fsp3) is 0.550. The number of hydrogen-bond acceptors (Lipinski definition) is 5. The lowest BCUT2D eigenvalue weighted by Gasteiger charge is -2.32. The first-order valence-corrected chi connectivity index (χ1v) is 9.31. The number of hydrogen-bond donors (Lipinski definition) is 1. The van der Waals surface area contributed by atoms with E-state index in [1.807, 2.05) is 35.2 Å². The maximum Gasteiger partial charge on any atom is 0.407 e. The molecule has 1 aromatic carbocycles. The highest BCUT2D eigenvalue weighted by molar-refractivity contribution is 5.99. The van der Waals surface area contributed by atoms with Gasteiger partial charge in [0.1, 0.15) is 5.60 Å². The van der Waals surface area contributed by atoms with Gasteiger partial charge in [-0.1, -0.05) is 30.3 Å². The number of rotatable bonds is 7. The summed E-state index contributed by atoms with van der Waals surface area (Å²) in [5, 5.41) is 2.68. The molecule has 0 atom stereocenters. The Hall–Kier alpha value is -2.41. The fourth-order valence-electron chi connectivity index (χ4n) is 2.85. The summed E-state index contributed by atoms with van der Waals surface area (Å²) < 4.78 is 5.15. The highest BCUT2D eigenvalue weighted by Crippen LogP contribution is 2.11. The third-order valence-electron chi connectivity index (χ3n) is 4.05. The minimum atomic E-state index is -0.525. The fourth-order valence-corrected chi connectivity index (χ4v) is 2.85. The predicted molar refractivity (Wildman–Crippen MR) is 102 cm³/mol. The van der Waals surface area contributed by atoms with Crippen LogP contribution in [0.2, 0.25) is 0 Å². The number of ether oxygens (including phenoxy) is 1. The summed E-state index contributed by atoms with van der Waals surface area (Å²) in [7, 11) is 0. The van der Waals surface area contributed by atoms with Crippen molar-refractivity contribution in [3.05, 3.63) is 35.9 Å². The molecule has 7 nitrogen and oxygen atoms in total. The molecule has 1 fully saturated rings. The van der Waals surface area contributed by atoms with Crippen molar-refractivity contribution in [2.75, 3.05) is 26.2 Å². The summed E-state index contributed by atoms with van der Waals surface area (Å²) in [6, 6.07) is 9.80. The van der Waals surface area contributed by atoms with Crippen molar-refractivity contribution < 1.29 is 19.1 Å². The van der Waals surface area contributed by atoms with Crippen LogP contribution < -0.4 is 5.32 Å². The number of nitrogens with zero attached hydrogens (tertiary/aromatic N) is 2. The van der Waals surface area contributed by atoms with Crippen molar-refractivity contribution in [2.45, 2.75) is 45.8 Å². The zero-order chi connectivity index (χ0) is 19.9. The van der Waals surface area contributed by atoms with Gasteiger partial charge < -0.3 is 10.1 Å². The number of alkyl carbamates (subject to hydrolysis) is 1. The Bertz CT molecular complexity index is 637. The van der Waals surface area contributed by atoms with Crippen molar-refractivity contribution in [1.29, 1.82) is 0 Å². The largest absolute Gasteiger partial charge is 0.444 e. The molecule has 27 heavy (non-hydrogen) atoms. The highest BCUT2D eigenvalue weighted by Gasteiger charge is 2.30. The van der Waals surface area contributed by atoms with E-state index in [4.69, 9.17) is 4.74 Å². The zero-order valence-electron chi connectivity index (χ0n) is 16.4. The van der Waals surface area contributed by atoms with Crippen LogP contribution >= 0.6 is 0 Å². The number of unbranched alkanes of at least 4 members (excludes halogenated alkanes) is 1. The first-order chi connectivity index (χ1) is 12.7. The Morgan fingerprint density at radius 2 is 1.70 bits per heavy atom. The van der Waals surface area contributed by atoms with Gasteiger partial charge in [0.2, 0.25) is 11.8 Å². The van der Waals surface area contributed by atoms with Gasteiger partial charge in [0, 0.05) is 19.6 Å². The lowest BCUT2D eigenvalue weighted by Crippen LogP contribution is -2.53. The van der Waals surface area contributed by atoms with Gasteiger partial charge in [-0.05, 0) is 39.2 Å². The minimum absolute atomic E-state index is 0.165. The molecule has 1 saturated heterocycles. The Balaban J connectivity index is 1.68. The normalized spacial score (nSPS) is 15.7. The van der Waals surface area contributed by atoms with Crippen molar-refractivity contribution in [3.63, 3.8) is 0 Å². The first kappa shape index (κ1) is 20.9. The van der Waals surface area contributed by atoms with Gasteiger partial charge in [-0.2, -0.15) is 0 Å². The third kappa shape index (κ3) is 7.38. The summed E-state index contributed by atoms with van der Waals surface area (Å²) in [4.78, 5) is 39.4. The summed E-state index contributed by atoms with van der Waals surface area (Å²) in [6.07, 6.45) is 0.861. The number of carbonyl (C=O) groups excluding carboxylic acids is 3. The van der Waals surface area contributed by atoms with E-state index in [0.717, 1.165) is 5.56 Å². The van der Waals surface area contributed by atoms with Crippen LogP contribution in [0.3, 0.4) is 0 Å². The van der Waals surface area contributed by atoms with Crippen LogP contribution in [0.4, 0.5) is 4.79 Å². The second-order valence-corrected chi connectivity index (χ2v) is 7.71. The lowest BCUT2D eigenvalue weighted by molar-refractivity contribution is -0.151. The van der Waals surface area contributed by atoms with Gasteiger partial charge in [-0.15, -0.1) is 0 Å². The van der Waals surface area contributed by atoms with Crippen LogP contribution in [-0.2, 0) is 20.9 Å². The monoisotopic (exact) mass is 375 g/mol. The molecule has 1 aliphatic heterocycles. The van der Waals surface area contributed by atoms with Gasteiger partial charge in [-0.25, -0.2) is 4.79 Å². The first-order valence-electron chi connectivity index (χ1n) is 9.31. The Morgan fingerprint density at radius 1 is 1.07 bits per heavy atom. The smallest absolute Gasteiger partial charge is 0.407 e. The molecule has 0 saturated carbocycles. The molecule has 1 aliphatic rings. The minimum Gasteiger partial charge on any atom is -0.444 e. The highest BCUT2D eigenvalue weighted by atomic mass is 16.6. The van der Waals surface area contributed by atoms with Crippen molar-refractivity contribution in [2.24, 2.45) is 0 Å². The maximum absolute atomic E-state index is 12.3. The van der Waals surface area contributed by atoms with Crippen LogP contribution in [0.5, 0.6) is 0 Å². The van der Waals surface area contributed by atoms with E-state index >= 15 is 0 Å². The van der Waals surface area contributed by atoms with Gasteiger partial charge >= 0.3 is 6.09 Å². The van der Waals surface area contributed by atoms with E-state index in [9.17, 15) is 14.4 Å². The van der Waals surface area contributed by atoms with E-state index in [-0.39, 0.29) is 24.9 Å². The van der Waals surface area contributed by atoms with E-state index in [1.54, 1.807) is 20.8 Å². The number of imide groups is 1. The predicted octanol–water partition coefficient (Wildman–Crippen LogP) is 2.16.